The van der Waals surface area contributed by atoms with Gasteiger partial charge in [-0.2, -0.15) is 5.26 Å². The van der Waals surface area contributed by atoms with Crippen LogP contribution in [0.1, 0.15) is 12.8 Å². The molecular weight excluding hydrogens is 154 g/mol. The maximum atomic E-state index is 8.25. The third-order valence-electron chi connectivity index (χ3n) is 1.16. The van der Waals surface area contributed by atoms with Crippen molar-refractivity contribution in [3.8, 4) is 6.07 Å². The first-order valence-electron chi connectivity index (χ1n) is 2.38. The van der Waals surface area contributed by atoms with Crippen LogP contribution < -0.4 is 0 Å². The molecule has 0 spiro atoms. The zero-order chi connectivity index (χ0) is 5.28. The Balaban J connectivity index is 2.27. The molecule has 0 aromatic rings. The second-order valence-electron chi connectivity index (χ2n) is 1.87. The second-order valence-corrected chi connectivity index (χ2v) is 2.85. The van der Waals surface area contributed by atoms with Crippen molar-refractivity contribution in [1.29, 1.82) is 5.26 Å². The van der Waals surface area contributed by atoms with E-state index < -0.39 is 0 Å². The van der Waals surface area contributed by atoms with Gasteiger partial charge in [0.1, 0.15) is 4.83 Å². The number of hydrogen-bond donors (Lipinski definition) is 0. The largest absolute Gasteiger partial charge is 0.197 e. The van der Waals surface area contributed by atoms with Gasteiger partial charge in [0, 0.05) is 0 Å². The molecule has 0 aromatic heterocycles. The van der Waals surface area contributed by atoms with E-state index >= 15 is 0 Å². The minimum Gasteiger partial charge on any atom is -0.197 e. The number of rotatable bonds is 1. The van der Waals surface area contributed by atoms with Gasteiger partial charge in [0.15, 0.2) is 0 Å². The summed E-state index contributed by atoms with van der Waals surface area (Å²) >= 11 is 3.24. The molecule has 0 bridgehead atoms. The first-order chi connectivity index (χ1) is 3.34. The first kappa shape index (κ1) is 5.11. The Kier molecular flexibility index (Phi) is 1.34. The molecule has 1 atom stereocenters. The second kappa shape index (κ2) is 1.83. The molecule has 1 nitrogen and oxygen atoms in total. The van der Waals surface area contributed by atoms with Crippen LogP contribution in [0.5, 0.6) is 0 Å². The van der Waals surface area contributed by atoms with Crippen LogP contribution in [0.25, 0.3) is 0 Å². The monoisotopic (exact) mass is 159 g/mol. The summed E-state index contributed by atoms with van der Waals surface area (Å²) in [6.45, 7) is 0. The number of nitrogens with zero attached hydrogens (tertiary/aromatic N) is 1. The van der Waals surface area contributed by atoms with Crippen LogP contribution in [0.4, 0.5) is 0 Å². The van der Waals surface area contributed by atoms with E-state index in [0.29, 0.717) is 5.92 Å². The van der Waals surface area contributed by atoms with Crippen molar-refractivity contribution < 1.29 is 0 Å². The average molecular weight is 160 g/mol. The highest BCUT2D eigenvalue weighted by Crippen LogP contribution is 2.35. The normalized spacial score (nSPS) is 23.4. The number of hydrogen-bond acceptors (Lipinski definition) is 1. The van der Waals surface area contributed by atoms with Crippen molar-refractivity contribution in [2.75, 3.05) is 0 Å². The van der Waals surface area contributed by atoms with Gasteiger partial charge in [0.2, 0.25) is 0 Å². The predicted octanol–water partition coefficient (Wildman–Crippen LogP) is 1.68. The lowest BCUT2D eigenvalue weighted by Crippen LogP contribution is -1.92. The zero-order valence-corrected chi connectivity index (χ0v) is 5.48. The van der Waals surface area contributed by atoms with Crippen LogP contribution in [0.15, 0.2) is 0 Å². The third-order valence-corrected chi connectivity index (χ3v) is 2.11. The molecule has 0 heterocycles. The summed E-state index contributed by atoms with van der Waals surface area (Å²) in [5, 5.41) is 8.25. The van der Waals surface area contributed by atoms with Gasteiger partial charge in [-0.25, -0.2) is 0 Å². The standard InChI is InChI=1S/C5H6BrN/c6-5(3-7)4-1-2-4/h4-5H,1-2H2. The van der Waals surface area contributed by atoms with Crippen molar-refractivity contribution in [1.82, 2.24) is 0 Å². The molecule has 1 rings (SSSR count). The molecule has 38 valence electrons. The van der Waals surface area contributed by atoms with E-state index in [2.05, 4.69) is 22.0 Å². The fourth-order valence-electron chi connectivity index (χ4n) is 0.494. The van der Waals surface area contributed by atoms with Crippen LogP contribution in [-0.2, 0) is 0 Å². The summed E-state index contributed by atoms with van der Waals surface area (Å²) < 4.78 is 0. The fraction of sp³-hybridized carbons (Fsp3) is 0.800. The fourth-order valence-corrected chi connectivity index (χ4v) is 1.02. The van der Waals surface area contributed by atoms with Gasteiger partial charge in [-0.15, -0.1) is 0 Å². The summed E-state index contributed by atoms with van der Waals surface area (Å²) in [5.74, 6) is 0.671. The van der Waals surface area contributed by atoms with Crippen LogP contribution >= 0.6 is 15.9 Å². The Morgan fingerprint density at radius 2 is 2.29 bits per heavy atom. The Morgan fingerprint density at radius 1 is 1.71 bits per heavy atom. The third kappa shape index (κ3) is 1.17. The van der Waals surface area contributed by atoms with Gasteiger partial charge in [0.25, 0.3) is 0 Å². The topological polar surface area (TPSA) is 23.8 Å². The number of halogens is 1. The molecule has 0 radical (unpaired) electrons. The van der Waals surface area contributed by atoms with Crippen LogP contribution in [-0.4, -0.2) is 4.83 Å². The Hall–Kier alpha value is -0.0300. The Bertz CT molecular complexity index is 101. The first-order valence-corrected chi connectivity index (χ1v) is 3.30. The van der Waals surface area contributed by atoms with E-state index in [9.17, 15) is 0 Å². The maximum absolute atomic E-state index is 8.25. The van der Waals surface area contributed by atoms with Gasteiger partial charge in [-0.05, 0) is 18.8 Å². The maximum Gasteiger partial charge on any atom is 0.104 e. The van der Waals surface area contributed by atoms with Crippen molar-refractivity contribution in [2.45, 2.75) is 17.7 Å². The zero-order valence-electron chi connectivity index (χ0n) is 3.89. The molecule has 0 aromatic carbocycles. The van der Waals surface area contributed by atoms with Crippen molar-refractivity contribution >= 4 is 15.9 Å². The van der Waals surface area contributed by atoms with E-state index in [1.54, 1.807) is 0 Å². The molecule has 0 saturated heterocycles. The van der Waals surface area contributed by atoms with Crippen LogP contribution in [0.3, 0.4) is 0 Å². The van der Waals surface area contributed by atoms with Crippen molar-refractivity contribution in [3.63, 3.8) is 0 Å². The lowest BCUT2D eigenvalue weighted by molar-refractivity contribution is 0.904. The molecule has 1 aliphatic carbocycles. The predicted molar refractivity (Wildman–Crippen MR) is 31.1 cm³/mol. The van der Waals surface area contributed by atoms with E-state index in [1.165, 1.54) is 12.8 Å². The van der Waals surface area contributed by atoms with Crippen LogP contribution in [0.2, 0.25) is 0 Å². The minimum atomic E-state index is 0.132. The van der Waals surface area contributed by atoms with E-state index in [4.69, 9.17) is 5.26 Å². The molecule has 0 aliphatic heterocycles. The summed E-state index contributed by atoms with van der Waals surface area (Å²) in [5.41, 5.74) is 0. The lowest BCUT2D eigenvalue weighted by Gasteiger charge is -1.88. The Labute approximate surface area is 51.5 Å². The molecule has 7 heavy (non-hydrogen) atoms. The summed E-state index contributed by atoms with van der Waals surface area (Å²) in [4.78, 5) is 0.132. The highest BCUT2D eigenvalue weighted by molar-refractivity contribution is 9.09. The highest BCUT2D eigenvalue weighted by atomic mass is 79.9. The van der Waals surface area contributed by atoms with E-state index in [1.807, 2.05) is 0 Å². The molecular formula is C5H6BrN. The minimum absolute atomic E-state index is 0.132. The van der Waals surface area contributed by atoms with Gasteiger partial charge in [-0.1, -0.05) is 15.9 Å². The molecule has 1 aliphatic rings. The molecule has 1 unspecified atom stereocenters. The van der Waals surface area contributed by atoms with E-state index in [-0.39, 0.29) is 4.83 Å². The SMILES string of the molecule is N#CC(Br)C1CC1. The summed E-state index contributed by atoms with van der Waals surface area (Å²) in [7, 11) is 0. The lowest BCUT2D eigenvalue weighted by atomic mass is 10.3. The van der Waals surface area contributed by atoms with Gasteiger partial charge >= 0.3 is 0 Å². The smallest absolute Gasteiger partial charge is 0.104 e. The van der Waals surface area contributed by atoms with Crippen LogP contribution in [0, 0.1) is 17.2 Å². The number of alkyl halides is 1. The Morgan fingerprint density at radius 3 is 2.43 bits per heavy atom. The van der Waals surface area contributed by atoms with Crippen molar-refractivity contribution in [3.05, 3.63) is 0 Å². The molecule has 0 amide bonds. The average Bonchev–Trinajstić information content (AvgIpc) is 2.44. The highest BCUT2D eigenvalue weighted by Gasteiger charge is 2.28. The van der Waals surface area contributed by atoms with Crippen molar-refractivity contribution in [2.24, 2.45) is 5.92 Å². The summed E-state index contributed by atoms with van der Waals surface area (Å²) in [6.07, 6.45) is 2.48. The summed E-state index contributed by atoms with van der Waals surface area (Å²) in [6, 6.07) is 2.14. The van der Waals surface area contributed by atoms with Gasteiger partial charge in [-0.3, -0.25) is 0 Å². The molecule has 1 saturated carbocycles. The number of nitriles is 1. The molecule has 0 N–H and O–H groups in total. The van der Waals surface area contributed by atoms with Gasteiger partial charge < -0.3 is 0 Å². The quantitative estimate of drug-likeness (QED) is 0.535. The molecule has 2 heteroatoms. The van der Waals surface area contributed by atoms with E-state index in [0.717, 1.165) is 0 Å². The molecule has 1 fully saturated rings. The van der Waals surface area contributed by atoms with Gasteiger partial charge in [0.05, 0.1) is 6.07 Å².